The smallest absolute Gasteiger partial charge is 0.298 e. The molecule has 0 aromatic heterocycles. The van der Waals surface area contributed by atoms with E-state index in [2.05, 4.69) is 18.4 Å². The third-order valence-electron chi connectivity index (χ3n) is 3.36. The second-order valence-corrected chi connectivity index (χ2v) is 7.44. The van der Waals surface area contributed by atoms with Crippen LogP contribution in [0.15, 0.2) is 40.4 Å². The van der Waals surface area contributed by atoms with Crippen LogP contribution >= 0.6 is 0 Å². The molecule has 0 N–H and O–H groups in total. The van der Waals surface area contributed by atoms with E-state index >= 15 is 0 Å². The first-order valence-corrected chi connectivity index (χ1v) is 9.26. The van der Waals surface area contributed by atoms with Gasteiger partial charge in [-0.1, -0.05) is 25.7 Å². The molecule has 0 aliphatic heterocycles. The van der Waals surface area contributed by atoms with Crippen LogP contribution in [-0.2, 0) is 19.4 Å². The highest BCUT2D eigenvalue weighted by atomic mass is 32.2. The van der Waals surface area contributed by atoms with Gasteiger partial charge in [-0.05, 0) is 12.5 Å². The SMILES string of the molecule is C=NN(C)C(=O)C(CC)C(=O)C/C=C\C(=C/C(=C)S(C)(=O)=O)C(F)(F)F. The predicted octanol–water partition coefficient (Wildman–Crippen LogP) is 2.65. The van der Waals surface area contributed by atoms with Crippen molar-refractivity contribution < 1.29 is 31.2 Å². The zero-order valence-electron chi connectivity index (χ0n) is 14.7. The van der Waals surface area contributed by atoms with E-state index in [9.17, 15) is 31.2 Å². The first-order valence-electron chi connectivity index (χ1n) is 7.37. The van der Waals surface area contributed by atoms with Crippen LogP contribution in [0.5, 0.6) is 0 Å². The predicted molar refractivity (Wildman–Crippen MR) is 93.0 cm³/mol. The number of amides is 1. The number of hydrogen-bond donors (Lipinski definition) is 0. The number of carbonyl (C=O) groups excluding carboxylic acids is 2. The maximum absolute atomic E-state index is 13.0. The molecule has 0 aliphatic carbocycles. The Bertz CT molecular complexity index is 737. The summed E-state index contributed by atoms with van der Waals surface area (Å²) in [5, 5.41) is 4.26. The molecular formula is C16H21F3N2O4S. The van der Waals surface area contributed by atoms with Gasteiger partial charge < -0.3 is 0 Å². The van der Waals surface area contributed by atoms with E-state index < -0.39 is 50.5 Å². The summed E-state index contributed by atoms with van der Waals surface area (Å²) in [5.41, 5.74) is -1.27. The molecular weight excluding hydrogens is 373 g/mol. The number of halogens is 3. The lowest BCUT2D eigenvalue weighted by Gasteiger charge is -2.17. The standard InChI is InChI=1S/C16H21F3N2O4S/c1-6-13(15(23)21(4)20-3)14(22)9-7-8-12(16(17,18)19)10-11(2)26(5,24)25/h7-8,10,13H,2-3,6,9H2,1,4-5H3/b8-7-,12-10+. The van der Waals surface area contributed by atoms with Gasteiger partial charge in [0.05, 0.1) is 16.4 Å². The highest BCUT2D eigenvalue weighted by Gasteiger charge is 2.32. The summed E-state index contributed by atoms with van der Waals surface area (Å²) >= 11 is 0. The van der Waals surface area contributed by atoms with Crippen molar-refractivity contribution in [3.05, 3.63) is 35.3 Å². The van der Waals surface area contributed by atoms with Gasteiger partial charge in [-0.15, -0.1) is 0 Å². The van der Waals surface area contributed by atoms with Crippen LogP contribution in [0, 0.1) is 5.92 Å². The number of ketones is 1. The Morgan fingerprint density at radius 1 is 1.31 bits per heavy atom. The van der Waals surface area contributed by atoms with E-state index in [0.29, 0.717) is 12.2 Å². The number of alkyl halides is 3. The molecule has 0 aromatic rings. The lowest BCUT2D eigenvalue weighted by atomic mass is 9.97. The topological polar surface area (TPSA) is 83.9 Å². The summed E-state index contributed by atoms with van der Waals surface area (Å²) in [6.07, 6.45) is -2.50. The van der Waals surface area contributed by atoms with Crippen LogP contribution in [0.3, 0.4) is 0 Å². The van der Waals surface area contributed by atoms with Gasteiger partial charge >= 0.3 is 6.18 Å². The zero-order valence-corrected chi connectivity index (χ0v) is 15.5. The Kier molecular flexibility index (Phi) is 8.65. The molecule has 1 atom stereocenters. The van der Waals surface area contributed by atoms with Gasteiger partial charge in [0, 0.05) is 26.4 Å². The van der Waals surface area contributed by atoms with Crippen LogP contribution in [-0.4, -0.2) is 51.3 Å². The monoisotopic (exact) mass is 394 g/mol. The minimum Gasteiger partial charge on any atom is -0.298 e. The molecule has 26 heavy (non-hydrogen) atoms. The summed E-state index contributed by atoms with van der Waals surface area (Å²) in [5.74, 6) is -2.26. The highest BCUT2D eigenvalue weighted by molar-refractivity contribution is 7.94. The van der Waals surface area contributed by atoms with Crippen molar-refractivity contribution in [3.8, 4) is 0 Å². The number of rotatable bonds is 9. The number of hydrazone groups is 1. The Morgan fingerprint density at radius 3 is 2.23 bits per heavy atom. The van der Waals surface area contributed by atoms with E-state index in [1.165, 1.54) is 7.05 Å². The maximum Gasteiger partial charge on any atom is 0.416 e. The lowest BCUT2D eigenvalue weighted by Crippen LogP contribution is -2.33. The Morgan fingerprint density at radius 2 is 1.85 bits per heavy atom. The molecule has 0 bridgehead atoms. The lowest BCUT2D eigenvalue weighted by molar-refractivity contribution is -0.140. The molecule has 0 fully saturated rings. The van der Waals surface area contributed by atoms with Crippen LogP contribution in [0.1, 0.15) is 19.8 Å². The van der Waals surface area contributed by atoms with Crippen molar-refractivity contribution in [3.63, 3.8) is 0 Å². The maximum atomic E-state index is 13.0. The van der Waals surface area contributed by atoms with Crippen LogP contribution in [0.2, 0.25) is 0 Å². The summed E-state index contributed by atoms with van der Waals surface area (Å²) in [4.78, 5) is 23.3. The number of carbonyl (C=O) groups is 2. The molecule has 0 rings (SSSR count). The highest BCUT2D eigenvalue weighted by Crippen LogP contribution is 2.28. The first kappa shape index (κ1) is 23.8. The molecule has 0 spiro atoms. The summed E-state index contributed by atoms with van der Waals surface area (Å²) < 4.78 is 61.4. The Hall–Kier alpha value is -2.23. The van der Waals surface area contributed by atoms with E-state index in [1.54, 1.807) is 6.92 Å². The van der Waals surface area contributed by atoms with Crippen molar-refractivity contribution in [2.75, 3.05) is 13.3 Å². The second-order valence-electron chi connectivity index (χ2n) is 5.37. The molecule has 146 valence electrons. The Labute approximate surface area is 150 Å². The fourth-order valence-electron chi connectivity index (χ4n) is 1.78. The summed E-state index contributed by atoms with van der Waals surface area (Å²) in [7, 11) is -2.57. The largest absolute Gasteiger partial charge is 0.416 e. The molecule has 0 radical (unpaired) electrons. The van der Waals surface area contributed by atoms with E-state index in [4.69, 9.17) is 0 Å². The zero-order chi connectivity index (χ0) is 20.7. The molecule has 10 heteroatoms. The fraction of sp³-hybridized carbons (Fsp3) is 0.438. The van der Waals surface area contributed by atoms with Crippen molar-refractivity contribution >= 4 is 28.2 Å². The third kappa shape index (κ3) is 7.34. The fourth-order valence-corrected chi connectivity index (χ4v) is 2.13. The number of hydrogen-bond acceptors (Lipinski definition) is 5. The van der Waals surface area contributed by atoms with Gasteiger partial charge in [0.15, 0.2) is 9.84 Å². The first-order chi connectivity index (χ1) is 11.8. The van der Waals surface area contributed by atoms with Gasteiger partial charge in [-0.25, -0.2) is 13.4 Å². The minimum absolute atomic E-state index is 0.151. The molecule has 0 aliphatic rings. The molecule has 6 nitrogen and oxygen atoms in total. The minimum atomic E-state index is -4.83. The van der Waals surface area contributed by atoms with Crippen molar-refractivity contribution in [2.45, 2.75) is 25.9 Å². The van der Waals surface area contributed by atoms with Gasteiger partial charge in [0.1, 0.15) is 5.78 Å². The van der Waals surface area contributed by atoms with E-state index in [0.717, 1.165) is 17.3 Å². The van der Waals surface area contributed by atoms with Crippen LogP contribution in [0.25, 0.3) is 0 Å². The van der Waals surface area contributed by atoms with E-state index in [-0.39, 0.29) is 6.42 Å². The quantitative estimate of drug-likeness (QED) is 0.260. The van der Waals surface area contributed by atoms with E-state index in [1.807, 2.05) is 0 Å². The second kappa shape index (κ2) is 9.46. The summed E-state index contributed by atoms with van der Waals surface area (Å²) in [6, 6.07) is 0. The van der Waals surface area contributed by atoms with Gasteiger partial charge in [-0.3, -0.25) is 9.59 Å². The van der Waals surface area contributed by atoms with Crippen LogP contribution < -0.4 is 0 Å². The molecule has 0 saturated carbocycles. The third-order valence-corrected chi connectivity index (χ3v) is 4.43. The van der Waals surface area contributed by atoms with Crippen molar-refractivity contribution in [1.82, 2.24) is 5.01 Å². The number of sulfone groups is 1. The molecule has 0 saturated heterocycles. The average molecular weight is 394 g/mol. The van der Waals surface area contributed by atoms with Crippen molar-refractivity contribution in [1.29, 1.82) is 0 Å². The average Bonchev–Trinajstić information content (AvgIpc) is 2.51. The number of Topliss-reactive ketones (excluding diaryl/α,β-unsaturated/α-hetero) is 1. The molecule has 0 heterocycles. The molecule has 0 aromatic carbocycles. The Balaban J connectivity index is 5.39. The van der Waals surface area contributed by atoms with Crippen LogP contribution in [0.4, 0.5) is 13.2 Å². The van der Waals surface area contributed by atoms with Gasteiger partial charge in [0.2, 0.25) is 0 Å². The van der Waals surface area contributed by atoms with Gasteiger partial charge in [-0.2, -0.15) is 18.3 Å². The van der Waals surface area contributed by atoms with Crippen molar-refractivity contribution in [2.24, 2.45) is 11.0 Å². The molecule has 1 unspecified atom stereocenters. The number of allylic oxidation sites excluding steroid dienone is 4. The molecule has 1 amide bonds. The normalized spacial score (nSPS) is 14.2. The van der Waals surface area contributed by atoms with Gasteiger partial charge in [0.25, 0.3) is 5.91 Å². The summed E-state index contributed by atoms with van der Waals surface area (Å²) in [6.45, 7) is 7.82. The number of nitrogens with zero attached hydrogens (tertiary/aromatic N) is 2.